The summed E-state index contributed by atoms with van der Waals surface area (Å²) in [5.41, 5.74) is 7.67. The number of anilines is 2. The van der Waals surface area contributed by atoms with Crippen molar-refractivity contribution in [3.63, 3.8) is 0 Å². The second-order valence-corrected chi connectivity index (χ2v) is 4.43. The molecule has 1 amide bonds. The number of nitrogens with two attached hydrogens (primary N) is 1. The van der Waals surface area contributed by atoms with Gasteiger partial charge >= 0.3 is 0 Å². The molecule has 5 heteroatoms. The van der Waals surface area contributed by atoms with Crippen LogP contribution in [0.5, 0.6) is 0 Å². The Morgan fingerprint density at radius 3 is 2.79 bits per heavy atom. The summed E-state index contributed by atoms with van der Waals surface area (Å²) < 4.78 is 1.62. The van der Waals surface area contributed by atoms with Crippen molar-refractivity contribution in [2.24, 2.45) is 7.05 Å². The maximum Gasteiger partial charge on any atom is 0.278 e. The number of amides is 1. The Hall–Kier alpha value is -2.30. The zero-order valence-corrected chi connectivity index (χ0v) is 11.2. The molecule has 0 bridgehead atoms. The monoisotopic (exact) mass is 258 g/mol. The Kier molecular flexibility index (Phi) is 3.85. The van der Waals surface area contributed by atoms with E-state index in [1.807, 2.05) is 19.1 Å². The predicted octanol–water partition coefficient (Wildman–Crippen LogP) is 2.06. The number of benzene rings is 1. The minimum atomic E-state index is -0.104. The van der Waals surface area contributed by atoms with Gasteiger partial charge in [0, 0.05) is 31.2 Å². The smallest absolute Gasteiger partial charge is 0.278 e. The van der Waals surface area contributed by atoms with Gasteiger partial charge in [-0.3, -0.25) is 9.48 Å². The number of aromatic nitrogens is 2. The van der Waals surface area contributed by atoms with Gasteiger partial charge in [0.2, 0.25) is 0 Å². The average molecular weight is 258 g/mol. The van der Waals surface area contributed by atoms with E-state index in [4.69, 9.17) is 5.73 Å². The summed E-state index contributed by atoms with van der Waals surface area (Å²) in [6, 6.07) is 9.05. The number of carbonyl (C=O) groups is 1. The molecule has 1 aromatic carbocycles. The van der Waals surface area contributed by atoms with Crippen molar-refractivity contribution < 1.29 is 4.79 Å². The van der Waals surface area contributed by atoms with Crippen LogP contribution in [-0.4, -0.2) is 22.2 Å². The van der Waals surface area contributed by atoms with Crippen molar-refractivity contribution in [1.82, 2.24) is 9.78 Å². The highest BCUT2D eigenvalue weighted by molar-refractivity contribution is 6.04. The number of nitrogens with zero attached hydrogens (tertiary/aromatic N) is 3. The van der Waals surface area contributed by atoms with E-state index >= 15 is 0 Å². The molecule has 2 aromatic rings. The molecule has 2 rings (SSSR count). The fourth-order valence-corrected chi connectivity index (χ4v) is 1.93. The Labute approximate surface area is 112 Å². The molecule has 19 heavy (non-hydrogen) atoms. The number of carbonyl (C=O) groups excluding carboxylic acids is 1. The molecule has 1 aromatic heterocycles. The summed E-state index contributed by atoms with van der Waals surface area (Å²) in [7, 11) is 1.79. The lowest BCUT2D eigenvalue weighted by molar-refractivity contribution is 0.0981. The van der Waals surface area contributed by atoms with Gasteiger partial charge in [0.05, 0.1) is 0 Å². The Morgan fingerprint density at radius 2 is 2.21 bits per heavy atom. The van der Waals surface area contributed by atoms with Gasteiger partial charge in [0.15, 0.2) is 5.69 Å². The quantitative estimate of drug-likeness (QED) is 0.854. The molecule has 0 spiro atoms. The molecule has 5 nitrogen and oxygen atoms in total. The van der Waals surface area contributed by atoms with Crippen LogP contribution in [0.2, 0.25) is 0 Å². The molecule has 0 saturated carbocycles. The van der Waals surface area contributed by atoms with Crippen LogP contribution >= 0.6 is 0 Å². The van der Waals surface area contributed by atoms with Gasteiger partial charge in [-0.05, 0) is 30.7 Å². The standard InChI is InChI=1S/C14H18N4O/c1-3-8-18(12-6-4-5-11(15)10-12)14(19)13-7-9-17(2)16-13/h4-7,9-10H,3,8,15H2,1-2H3. The molecule has 0 saturated heterocycles. The van der Waals surface area contributed by atoms with Gasteiger partial charge in [-0.25, -0.2) is 0 Å². The fourth-order valence-electron chi connectivity index (χ4n) is 1.93. The second-order valence-electron chi connectivity index (χ2n) is 4.43. The van der Waals surface area contributed by atoms with Crippen LogP contribution < -0.4 is 10.6 Å². The third-order valence-corrected chi connectivity index (χ3v) is 2.81. The minimum Gasteiger partial charge on any atom is -0.399 e. The molecular weight excluding hydrogens is 240 g/mol. The van der Waals surface area contributed by atoms with Crippen molar-refractivity contribution >= 4 is 17.3 Å². The summed E-state index contributed by atoms with van der Waals surface area (Å²) in [6.07, 6.45) is 2.63. The van der Waals surface area contributed by atoms with E-state index in [1.54, 1.807) is 41.0 Å². The van der Waals surface area contributed by atoms with E-state index in [2.05, 4.69) is 5.10 Å². The maximum absolute atomic E-state index is 12.5. The molecule has 0 aliphatic heterocycles. The van der Waals surface area contributed by atoms with Crippen LogP contribution in [-0.2, 0) is 7.05 Å². The lowest BCUT2D eigenvalue weighted by atomic mass is 10.2. The van der Waals surface area contributed by atoms with E-state index in [0.29, 0.717) is 17.9 Å². The first kappa shape index (κ1) is 13.1. The van der Waals surface area contributed by atoms with Gasteiger partial charge in [-0.15, -0.1) is 0 Å². The van der Waals surface area contributed by atoms with Crippen LogP contribution in [0.4, 0.5) is 11.4 Å². The first-order valence-corrected chi connectivity index (χ1v) is 6.29. The maximum atomic E-state index is 12.5. The largest absolute Gasteiger partial charge is 0.399 e. The van der Waals surface area contributed by atoms with Crippen LogP contribution in [0.15, 0.2) is 36.5 Å². The van der Waals surface area contributed by atoms with Crippen LogP contribution in [0.3, 0.4) is 0 Å². The second kappa shape index (κ2) is 5.56. The molecule has 0 atom stereocenters. The van der Waals surface area contributed by atoms with Gasteiger partial charge in [0.25, 0.3) is 5.91 Å². The Bertz CT molecular complexity index is 576. The van der Waals surface area contributed by atoms with Crippen molar-refractivity contribution in [2.45, 2.75) is 13.3 Å². The predicted molar refractivity (Wildman–Crippen MR) is 76.0 cm³/mol. The third kappa shape index (κ3) is 2.93. The molecule has 100 valence electrons. The normalized spacial score (nSPS) is 10.4. The summed E-state index contributed by atoms with van der Waals surface area (Å²) in [5.74, 6) is -0.104. The third-order valence-electron chi connectivity index (χ3n) is 2.81. The molecule has 2 N–H and O–H groups in total. The first-order valence-electron chi connectivity index (χ1n) is 6.29. The van der Waals surface area contributed by atoms with Crippen LogP contribution in [0, 0.1) is 0 Å². The number of hydrogen-bond donors (Lipinski definition) is 1. The highest BCUT2D eigenvalue weighted by Gasteiger charge is 2.19. The molecule has 0 fully saturated rings. The Balaban J connectivity index is 2.32. The molecule has 0 unspecified atom stereocenters. The van der Waals surface area contributed by atoms with Crippen molar-refractivity contribution in [2.75, 3.05) is 17.2 Å². The molecule has 0 aliphatic carbocycles. The molecular formula is C14H18N4O. The summed E-state index contributed by atoms with van der Waals surface area (Å²) in [6.45, 7) is 2.67. The minimum absolute atomic E-state index is 0.104. The van der Waals surface area contributed by atoms with Crippen LogP contribution in [0.1, 0.15) is 23.8 Å². The van der Waals surface area contributed by atoms with E-state index in [9.17, 15) is 4.79 Å². The van der Waals surface area contributed by atoms with E-state index in [0.717, 1.165) is 12.1 Å². The zero-order chi connectivity index (χ0) is 13.8. The highest BCUT2D eigenvalue weighted by atomic mass is 16.2. The lowest BCUT2D eigenvalue weighted by Crippen LogP contribution is -2.32. The number of hydrogen-bond acceptors (Lipinski definition) is 3. The topological polar surface area (TPSA) is 64.2 Å². The van der Waals surface area contributed by atoms with E-state index < -0.39 is 0 Å². The molecule has 0 radical (unpaired) electrons. The highest BCUT2D eigenvalue weighted by Crippen LogP contribution is 2.19. The number of rotatable bonds is 4. The van der Waals surface area contributed by atoms with Crippen molar-refractivity contribution in [3.8, 4) is 0 Å². The average Bonchev–Trinajstić information content (AvgIpc) is 2.82. The number of nitrogen functional groups attached to an aromatic ring is 1. The molecule has 1 heterocycles. The lowest BCUT2D eigenvalue weighted by Gasteiger charge is -2.21. The van der Waals surface area contributed by atoms with Crippen molar-refractivity contribution in [3.05, 3.63) is 42.2 Å². The van der Waals surface area contributed by atoms with Gasteiger partial charge in [0.1, 0.15) is 0 Å². The SMILES string of the molecule is CCCN(C(=O)c1ccn(C)n1)c1cccc(N)c1. The molecule has 0 aliphatic rings. The van der Waals surface area contributed by atoms with Crippen molar-refractivity contribution in [1.29, 1.82) is 0 Å². The summed E-state index contributed by atoms with van der Waals surface area (Å²) in [4.78, 5) is 14.2. The zero-order valence-electron chi connectivity index (χ0n) is 11.2. The van der Waals surface area contributed by atoms with Crippen LogP contribution in [0.25, 0.3) is 0 Å². The first-order chi connectivity index (χ1) is 9.11. The van der Waals surface area contributed by atoms with E-state index in [1.165, 1.54) is 0 Å². The summed E-state index contributed by atoms with van der Waals surface area (Å²) in [5, 5.41) is 4.16. The van der Waals surface area contributed by atoms with Gasteiger partial charge in [-0.1, -0.05) is 13.0 Å². The summed E-state index contributed by atoms with van der Waals surface area (Å²) >= 11 is 0. The fraction of sp³-hybridized carbons (Fsp3) is 0.286. The Morgan fingerprint density at radius 1 is 1.42 bits per heavy atom. The number of aryl methyl sites for hydroxylation is 1. The van der Waals surface area contributed by atoms with E-state index in [-0.39, 0.29) is 5.91 Å². The van der Waals surface area contributed by atoms with Gasteiger partial charge in [-0.2, -0.15) is 5.10 Å². The van der Waals surface area contributed by atoms with Gasteiger partial charge < -0.3 is 10.6 Å².